The minimum Gasteiger partial charge on any atom is -0.103 e. The van der Waals surface area contributed by atoms with Crippen LogP contribution in [-0.2, 0) is 24.6 Å². The molecule has 1 rings (SSSR count). The summed E-state index contributed by atoms with van der Waals surface area (Å²) in [5, 5.41) is -1.35. The van der Waals surface area contributed by atoms with Crippen LogP contribution >= 0.6 is 27.9 Å². The quantitative estimate of drug-likeness (QED) is 0.549. The molecule has 0 aromatic heterocycles. The van der Waals surface area contributed by atoms with Crippen LogP contribution in [0.4, 0.5) is 0 Å². The van der Waals surface area contributed by atoms with E-state index in [1.54, 1.807) is 0 Å². The highest BCUT2D eigenvalue weighted by atomic mass is 35.9. The Morgan fingerprint density at radius 2 is 1.25 bits per heavy atom. The first-order valence-corrected chi connectivity index (χ1v) is 9.40. The van der Waals surface area contributed by atoms with Crippen LogP contribution in [0.1, 0.15) is 11.1 Å². The smallest absolute Gasteiger partial charge is 0.103 e. The molecule has 0 unspecified atom stereocenters. The standard InChI is InChI=1S/C12H14.Cl2HPS/c1-3-5-11-7-9-12(6-4-2)10-8-11;1-3(2)4/h3-4,7-10H,1-2,5-6H2;3H. The van der Waals surface area contributed by atoms with Crippen LogP contribution in [0.3, 0.4) is 0 Å². The summed E-state index contributed by atoms with van der Waals surface area (Å²) in [5.41, 5.74) is 2.63. The molecule has 0 atom stereocenters. The lowest BCUT2D eigenvalue weighted by molar-refractivity contribution is 1.22. The Labute approximate surface area is 113 Å². The minimum absolute atomic E-state index is 0.953. The van der Waals surface area contributed by atoms with Gasteiger partial charge in [0.25, 0.3) is 0 Å². The Bertz CT molecular complexity index is 314. The van der Waals surface area contributed by atoms with Crippen LogP contribution in [0.5, 0.6) is 0 Å². The Morgan fingerprint density at radius 1 is 1.00 bits per heavy atom. The molecule has 0 spiro atoms. The minimum atomic E-state index is -1.35. The third-order valence-corrected chi connectivity index (χ3v) is 1.78. The van der Waals surface area contributed by atoms with Crippen LogP contribution in [0.25, 0.3) is 0 Å². The molecule has 0 saturated heterocycles. The molecule has 1 aromatic rings. The first kappa shape index (κ1) is 15.9. The lowest BCUT2D eigenvalue weighted by atomic mass is 10.1. The predicted octanol–water partition coefficient (Wildman–Crippen LogP) is 5.11. The monoisotopic (exact) mass is 292 g/mol. The zero-order valence-electron chi connectivity index (χ0n) is 8.96. The lowest BCUT2D eigenvalue weighted by Crippen LogP contribution is -1.83. The zero-order chi connectivity index (χ0) is 12.4. The van der Waals surface area contributed by atoms with Crippen molar-refractivity contribution in [3.05, 3.63) is 60.7 Å². The summed E-state index contributed by atoms with van der Waals surface area (Å²) >= 11 is 14.2. The highest BCUT2D eigenvalue weighted by Crippen LogP contribution is 2.31. The van der Waals surface area contributed by atoms with Gasteiger partial charge in [0.05, 0.1) is 0 Å². The number of hydrogen-bond donors (Lipinski definition) is 0. The SMILES string of the molecule is C=CCc1ccc(CC=C)cc1.S=[PH](Cl)Cl. The van der Waals surface area contributed by atoms with Gasteiger partial charge >= 0.3 is 0 Å². The van der Waals surface area contributed by atoms with Gasteiger partial charge in [0.1, 0.15) is 5.40 Å². The Hall–Kier alpha value is -0.0700. The Balaban J connectivity index is 0.000000487. The second-order valence-electron chi connectivity index (χ2n) is 3.03. The molecule has 88 valence electrons. The van der Waals surface area contributed by atoms with Crippen molar-refractivity contribution in [2.24, 2.45) is 0 Å². The van der Waals surface area contributed by atoms with E-state index >= 15 is 0 Å². The molecule has 0 heterocycles. The van der Waals surface area contributed by atoms with E-state index in [4.69, 9.17) is 22.5 Å². The third-order valence-electron chi connectivity index (χ3n) is 1.78. The average Bonchev–Trinajstić information content (AvgIpc) is 2.21. The first-order valence-electron chi connectivity index (χ1n) is 4.74. The molecule has 0 bridgehead atoms. The van der Waals surface area contributed by atoms with E-state index in [9.17, 15) is 0 Å². The van der Waals surface area contributed by atoms with E-state index in [1.165, 1.54) is 11.1 Å². The number of allylic oxidation sites excluding steroid dienone is 2. The summed E-state index contributed by atoms with van der Waals surface area (Å²) in [5.74, 6) is 0. The van der Waals surface area contributed by atoms with Crippen LogP contribution in [0.15, 0.2) is 49.6 Å². The number of benzene rings is 1. The molecule has 0 aliphatic rings. The molecule has 0 nitrogen and oxygen atoms in total. The molecule has 1 aromatic carbocycles. The number of halogens is 2. The van der Waals surface area contributed by atoms with Gasteiger partial charge in [-0.15, -0.1) is 13.2 Å². The van der Waals surface area contributed by atoms with Crippen molar-refractivity contribution < 1.29 is 0 Å². The van der Waals surface area contributed by atoms with Crippen LogP contribution in [-0.4, -0.2) is 0 Å². The maximum Gasteiger partial charge on any atom is 0.108 e. The van der Waals surface area contributed by atoms with Gasteiger partial charge in [0, 0.05) is 0 Å². The molecule has 0 N–H and O–H groups in total. The highest BCUT2D eigenvalue weighted by Gasteiger charge is 1.90. The molecular formula is C12H15Cl2PS. The van der Waals surface area contributed by atoms with Gasteiger partial charge in [-0.05, 0) is 24.0 Å². The maximum atomic E-state index is 4.96. The van der Waals surface area contributed by atoms with Gasteiger partial charge in [-0.1, -0.05) is 70.7 Å². The van der Waals surface area contributed by atoms with E-state index in [0.29, 0.717) is 0 Å². The fraction of sp³-hybridized carbons (Fsp3) is 0.167. The maximum absolute atomic E-state index is 4.96. The summed E-state index contributed by atoms with van der Waals surface area (Å²) in [7, 11) is 0. The van der Waals surface area contributed by atoms with E-state index in [-0.39, 0.29) is 0 Å². The van der Waals surface area contributed by atoms with Crippen molar-refractivity contribution >= 4 is 39.7 Å². The van der Waals surface area contributed by atoms with E-state index in [2.05, 4.69) is 49.2 Å². The molecule has 0 aliphatic heterocycles. The summed E-state index contributed by atoms with van der Waals surface area (Å²) in [6.45, 7) is 7.40. The number of hydrogen-bond acceptors (Lipinski definition) is 1. The van der Waals surface area contributed by atoms with E-state index in [0.717, 1.165) is 12.8 Å². The third kappa shape index (κ3) is 9.18. The molecule has 0 amide bonds. The van der Waals surface area contributed by atoms with Crippen molar-refractivity contribution in [1.29, 1.82) is 0 Å². The fourth-order valence-electron chi connectivity index (χ4n) is 1.14. The average molecular weight is 293 g/mol. The molecular weight excluding hydrogens is 278 g/mol. The van der Waals surface area contributed by atoms with Crippen LogP contribution in [0.2, 0.25) is 0 Å². The van der Waals surface area contributed by atoms with Crippen LogP contribution < -0.4 is 0 Å². The lowest BCUT2D eigenvalue weighted by Gasteiger charge is -1.98. The molecule has 0 radical (unpaired) electrons. The first-order chi connectivity index (χ1) is 7.60. The second kappa shape index (κ2) is 10.1. The zero-order valence-corrected chi connectivity index (χ0v) is 12.3. The summed E-state index contributed by atoms with van der Waals surface area (Å²) in [4.78, 5) is 0. The van der Waals surface area contributed by atoms with Gasteiger partial charge in [-0.25, -0.2) is 0 Å². The molecule has 0 aliphatic carbocycles. The van der Waals surface area contributed by atoms with Gasteiger partial charge in [0.15, 0.2) is 0 Å². The molecule has 0 saturated carbocycles. The van der Waals surface area contributed by atoms with Gasteiger partial charge in [-0.2, -0.15) is 0 Å². The summed E-state index contributed by atoms with van der Waals surface area (Å²) in [6, 6.07) is 8.56. The van der Waals surface area contributed by atoms with Crippen LogP contribution in [0, 0.1) is 0 Å². The molecule has 4 heteroatoms. The van der Waals surface area contributed by atoms with Crippen molar-refractivity contribution in [2.75, 3.05) is 0 Å². The van der Waals surface area contributed by atoms with E-state index in [1.807, 2.05) is 12.2 Å². The van der Waals surface area contributed by atoms with Gasteiger partial charge in [-0.3, -0.25) is 0 Å². The summed E-state index contributed by atoms with van der Waals surface area (Å²) < 4.78 is 0. The van der Waals surface area contributed by atoms with Gasteiger partial charge in [0.2, 0.25) is 0 Å². The largest absolute Gasteiger partial charge is 0.108 e. The Morgan fingerprint density at radius 3 is 1.44 bits per heavy atom. The predicted molar refractivity (Wildman–Crippen MR) is 81.6 cm³/mol. The fourth-order valence-corrected chi connectivity index (χ4v) is 1.14. The number of rotatable bonds is 4. The van der Waals surface area contributed by atoms with Crippen molar-refractivity contribution in [3.63, 3.8) is 0 Å². The highest BCUT2D eigenvalue weighted by molar-refractivity contribution is 8.29. The van der Waals surface area contributed by atoms with Crippen molar-refractivity contribution in [1.82, 2.24) is 0 Å². The summed E-state index contributed by atoms with van der Waals surface area (Å²) in [6.07, 6.45) is 5.74. The van der Waals surface area contributed by atoms with E-state index < -0.39 is 5.40 Å². The Kier molecular flexibility index (Phi) is 10.1. The normalized spacial score (nSPS) is 9.19. The van der Waals surface area contributed by atoms with Crippen molar-refractivity contribution in [2.45, 2.75) is 12.8 Å². The van der Waals surface area contributed by atoms with Gasteiger partial charge < -0.3 is 0 Å². The van der Waals surface area contributed by atoms with Crippen molar-refractivity contribution in [3.8, 4) is 0 Å². The molecule has 16 heavy (non-hydrogen) atoms. The second-order valence-corrected chi connectivity index (χ2v) is 8.90. The topological polar surface area (TPSA) is 0 Å². The molecule has 0 fully saturated rings.